The van der Waals surface area contributed by atoms with E-state index in [2.05, 4.69) is 20.2 Å². The molecule has 4 rings (SSSR count). The predicted octanol–water partition coefficient (Wildman–Crippen LogP) is 1.81. The number of hydrogen-bond donors (Lipinski definition) is 2. The highest BCUT2D eigenvalue weighted by Crippen LogP contribution is 2.31. The van der Waals surface area contributed by atoms with Crippen LogP contribution in [-0.4, -0.2) is 44.6 Å². The van der Waals surface area contributed by atoms with Gasteiger partial charge >= 0.3 is 0 Å². The molecule has 2 aromatic heterocycles. The number of benzene rings is 1. The summed E-state index contributed by atoms with van der Waals surface area (Å²) in [6, 6.07) is 10.4. The molecule has 1 aliphatic heterocycles. The van der Waals surface area contributed by atoms with E-state index in [4.69, 9.17) is 0 Å². The zero-order valence-electron chi connectivity index (χ0n) is 13.1. The van der Waals surface area contributed by atoms with E-state index in [1.807, 2.05) is 6.07 Å². The van der Waals surface area contributed by atoms with E-state index in [1.165, 1.54) is 0 Å². The second-order valence-corrected chi connectivity index (χ2v) is 7.68. The van der Waals surface area contributed by atoms with Crippen LogP contribution in [-0.2, 0) is 9.84 Å². The second kappa shape index (κ2) is 5.92. The molecule has 0 spiro atoms. The predicted molar refractivity (Wildman–Crippen MR) is 93.1 cm³/mol. The fourth-order valence-electron chi connectivity index (χ4n) is 3.09. The Balaban J connectivity index is 1.84. The summed E-state index contributed by atoms with van der Waals surface area (Å²) in [6.07, 6.45) is 3.23. The Morgan fingerprint density at radius 2 is 1.79 bits per heavy atom. The van der Waals surface area contributed by atoms with Gasteiger partial charge in [0.25, 0.3) is 0 Å². The van der Waals surface area contributed by atoms with Gasteiger partial charge in [0.15, 0.2) is 0 Å². The quantitative estimate of drug-likeness (QED) is 0.759. The lowest BCUT2D eigenvalue weighted by Crippen LogP contribution is -2.43. The van der Waals surface area contributed by atoms with Crippen LogP contribution in [0.1, 0.15) is 0 Å². The van der Waals surface area contributed by atoms with E-state index >= 15 is 0 Å². The SMILES string of the molecule is O=S(=O)(c1ccccc1)c1c[nH]c2c(N3CCNCC3)ccnc12. The molecular formula is C17H18N4O2S. The van der Waals surface area contributed by atoms with Crippen LogP contribution in [0.5, 0.6) is 0 Å². The number of H-pyrrole nitrogens is 1. The molecular weight excluding hydrogens is 324 g/mol. The van der Waals surface area contributed by atoms with E-state index in [0.717, 1.165) is 37.4 Å². The van der Waals surface area contributed by atoms with Crippen molar-refractivity contribution in [3.63, 3.8) is 0 Å². The minimum atomic E-state index is -3.59. The third kappa shape index (κ3) is 2.46. The van der Waals surface area contributed by atoms with Crippen molar-refractivity contribution in [2.24, 2.45) is 0 Å². The van der Waals surface area contributed by atoms with E-state index < -0.39 is 9.84 Å². The van der Waals surface area contributed by atoms with Gasteiger partial charge in [0.1, 0.15) is 10.4 Å². The first-order chi connectivity index (χ1) is 11.7. The monoisotopic (exact) mass is 342 g/mol. The van der Waals surface area contributed by atoms with E-state index in [-0.39, 0.29) is 9.79 Å². The molecule has 0 unspecified atom stereocenters. The van der Waals surface area contributed by atoms with Crippen molar-refractivity contribution in [3.05, 3.63) is 48.8 Å². The van der Waals surface area contributed by atoms with Gasteiger partial charge in [-0.1, -0.05) is 18.2 Å². The lowest BCUT2D eigenvalue weighted by Gasteiger charge is -2.29. The maximum absolute atomic E-state index is 12.9. The van der Waals surface area contributed by atoms with Crippen LogP contribution in [0.4, 0.5) is 5.69 Å². The maximum atomic E-state index is 12.9. The molecule has 1 aromatic carbocycles. The third-order valence-corrected chi connectivity index (χ3v) is 6.09. The van der Waals surface area contributed by atoms with E-state index in [0.29, 0.717) is 5.52 Å². The van der Waals surface area contributed by atoms with Gasteiger partial charge < -0.3 is 15.2 Å². The summed E-state index contributed by atoms with van der Waals surface area (Å²) < 4.78 is 25.8. The molecule has 1 saturated heterocycles. The number of anilines is 1. The molecule has 6 nitrogen and oxygen atoms in total. The van der Waals surface area contributed by atoms with Gasteiger partial charge in [-0.05, 0) is 18.2 Å². The molecule has 24 heavy (non-hydrogen) atoms. The molecule has 124 valence electrons. The van der Waals surface area contributed by atoms with Gasteiger partial charge in [-0.2, -0.15) is 0 Å². The summed E-state index contributed by atoms with van der Waals surface area (Å²) in [5.74, 6) is 0. The Morgan fingerprint density at radius 3 is 2.54 bits per heavy atom. The fraction of sp³-hybridized carbons (Fsp3) is 0.235. The number of fused-ring (bicyclic) bond motifs is 1. The van der Waals surface area contributed by atoms with E-state index in [1.54, 1.807) is 42.7 Å². The molecule has 2 N–H and O–H groups in total. The van der Waals surface area contributed by atoms with Crippen molar-refractivity contribution in [1.29, 1.82) is 0 Å². The molecule has 1 aliphatic rings. The number of aromatic nitrogens is 2. The number of nitrogens with one attached hydrogen (secondary N) is 2. The summed E-state index contributed by atoms with van der Waals surface area (Å²) >= 11 is 0. The first-order valence-corrected chi connectivity index (χ1v) is 9.38. The summed E-state index contributed by atoms with van der Waals surface area (Å²) in [5.41, 5.74) is 2.26. The van der Waals surface area contributed by atoms with Gasteiger partial charge in [0.2, 0.25) is 9.84 Å². The second-order valence-electron chi connectivity index (χ2n) is 5.76. The first kappa shape index (κ1) is 15.2. The molecule has 0 amide bonds. The normalized spacial score (nSPS) is 15.8. The highest BCUT2D eigenvalue weighted by molar-refractivity contribution is 7.91. The van der Waals surface area contributed by atoms with Crippen LogP contribution in [0, 0.1) is 0 Å². The molecule has 0 atom stereocenters. The van der Waals surface area contributed by atoms with Gasteiger partial charge in [-0.25, -0.2) is 8.42 Å². The Hall–Kier alpha value is -2.38. The van der Waals surface area contributed by atoms with Crippen LogP contribution in [0.25, 0.3) is 11.0 Å². The van der Waals surface area contributed by atoms with Gasteiger partial charge in [0.05, 0.1) is 16.1 Å². The average molecular weight is 342 g/mol. The number of rotatable bonds is 3. The largest absolute Gasteiger partial charge is 0.367 e. The lowest BCUT2D eigenvalue weighted by molar-refractivity contribution is 0.590. The van der Waals surface area contributed by atoms with Crippen LogP contribution in [0.15, 0.2) is 58.6 Å². The highest BCUT2D eigenvalue weighted by Gasteiger charge is 2.24. The van der Waals surface area contributed by atoms with Crippen LogP contribution < -0.4 is 10.2 Å². The number of nitrogens with zero attached hydrogens (tertiary/aromatic N) is 2. The van der Waals surface area contributed by atoms with Gasteiger partial charge in [-0.3, -0.25) is 4.98 Å². The smallest absolute Gasteiger partial charge is 0.210 e. The molecule has 0 saturated carbocycles. The molecule has 0 aliphatic carbocycles. The van der Waals surface area contributed by atoms with Crippen molar-refractivity contribution < 1.29 is 8.42 Å². The zero-order chi connectivity index (χ0) is 16.6. The Kier molecular flexibility index (Phi) is 3.74. The Morgan fingerprint density at radius 1 is 1.04 bits per heavy atom. The summed E-state index contributed by atoms with van der Waals surface area (Å²) in [4.78, 5) is 10.2. The number of hydrogen-bond acceptors (Lipinski definition) is 5. The molecule has 0 bridgehead atoms. The highest BCUT2D eigenvalue weighted by atomic mass is 32.2. The van der Waals surface area contributed by atoms with E-state index in [9.17, 15) is 8.42 Å². The Bertz CT molecular complexity index is 961. The van der Waals surface area contributed by atoms with Crippen LogP contribution >= 0.6 is 0 Å². The van der Waals surface area contributed by atoms with Crippen molar-refractivity contribution in [3.8, 4) is 0 Å². The van der Waals surface area contributed by atoms with Crippen molar-refractivity contribution >= 4 is 26.6 Å². The van der Waals surface area contributed by atoms with Crippen molar-refractivity contribution in [2.45, 2.75) is 9.79 Å². The zero-order valence-corrected chi connectivity index (χ0v) is 13.9. The summed E-state index contributed by atoms with van der Waals surface area (Å²) in [7, 11) is -3.59. The molecule has 3 heterocycles. The molecule has 3 aromatic rings. The maximum Gasteiger partial charge on any atom is 0.210 e. The number of pyridine rings is 1. The topological polar surface area (TPSA) is 78.1 Å². The number of sulfone groups is 1. The minimum absolute atomic E-state index is 0.223. The standard InChI is InChI=1S/C17H18N4O2S/c22-24(23,13-4-2-1-3-5-13)15-12-20-16-14(6-7-19-17(15)16)21-10-8-18-9-11-21/h1-7,12,18,20H,8-11H2. The molecule has 0 radical (unpaired) electrons. The van der Waals surface area contributed by atoms with Crippen molar-refractivity contribution in [1.82, 2.24) is 15.3 Å². The lowest BCUT2D eigenvalue weighted by atomic mass is 10.2. The Labute approximate surface area is 140 Å². The van der Waals surface area contributed by atoms with Gasteiger partial charge in [-0.15, -0.1) is 0 Å². The summed E-state index contributed by atoms with van der Waals surface area (Å²) in [6.45, 7) is 3.61. The minimum Gasteiger partial charge on any atom is -0.367 e. The number of piperazine rings is 1. The third-order valence-electron chi connectivity index (χ3n) is 4.31. The number of aromatic amines is 1. The average Bonchev–Trinajstić information content (AvgIpc) is 3.08. The molecule has 7 heteroatoms. The van der Waals surface area contributed by atoms with Crippen LogP contribution in [0.2, 0.25) is 0 Å². The van der Waals surface area contributed by atoms with Gasteiger partial charge in [0, 0.05) is 38.6 Å². The first-order valence-electron chi connectivity index (χ1n) is 7.90. The van der Waals surface area contributed by atoms with Crippen molar-refractivity contribution in [2.75, 3.05) is 31.1 Å². The summed E-state index contributed by atoms with van der Waals surface area (Å²) in [5, 5.41) is 3.32. The van der Waals surface area contributed by atoms with Crippen LogP contribution in [0.3, 0.4) is 0 Å². The fourth-order valence-corrected chi connectivity index (χ4v) is 4.48. The molecule has 1 fully saturated rings.